The number of nitrogens with one attached hydrogen (secondary N) is 1. The van der Waals surface area contributed by atoms with Crippen molar-refractivity contribution >= 4 is 29.7 Å². The number of hydrogen-bond acceptors (Lipinski definition) is 5. The summed E-state index contributed by atoms with van der Waals surface area (Å²) < 4.78 is 0. The zero-order chi connectivity index (χ0) is 15.8. The summed E-state index contributed by atoms with van der Waals surface area (Å²) in [6.07, 6.45) is 6.26. The third kappa shape index (κ3) is 5.57. The van der Waals surface area contributed by atoms with E-state index >= 15 is 0 Å². The molecule has 5 nitrogen and oxygen atoms in total. The normalized spacial score (nSPS) is 10.8. The molecule has 22 heavy (non-hydrogen) atoms. The van der Waals surface area contributed by atoms with Crippen LogP contribution in [0.5, 0.6) is 0 Å². The number of rotatable bonds is 6. The molecule has 114 valence electrons. The summed E-state index contributed by atoms with van der Waals surface area (Å²) in [7, 11) is 0. The summed E-state index contributed by atoms with van der Waals surface area (Å²) in [5.74, 6) is 0.907. The van der Waals surface area contributed by atoms with Gasteiger partial charge in [0.2, 0.25) is 11.9 Å². The lowest BCUT2D eigenvalue weighted by atomic mass is 10.2. The van der Waals surface area contributed by atoms with Crippen molar-refractivity contribution in [2.45, 2.75) is 11.8 Å². The highest BCUT2D eigenvalue weighted by atomic mass is 32.2. The summed E-state index contributed by atoms with van der Waals surface area (Å²) in [5, 5.41) is 2.83. The monoisotopic (exact) mass is 314 g/mol. The van der Waals surface area contributed by atoms with Crippen LogP contribution in [-0.2, 0) is 4.79 Å². The summed E-state index contributed by atoms with van der Waals surface area (Å²) in [6.45, 7) is 2.67. The predicted molar refractivity (Wildman–Crippen MR) is 90.4 cm³/mol. The molecule has 1 amide bonds. The molecule has 0 bridgehead atoms. The van der Waals surface area contributed by atoms with Gasteiger partial charge in [-0.25, -0.2) is 9.97 Å². The Hall–Kier alpha value is -2.34. The second-order valence-electron chi connectivity index (χ2n) is 4.66. The average molecular weight is 314 g/mol. The smallest absolute Gasteiger partial charge is 0.244 e. The first-order chi connectivity index (χ1) is 10.6. The maximum absolute atomic E-state index is 11.7. The predicted octanol–water partition coefficient (Wildman–Crippen LogP) is 2.29. The van der Waals surface area contributed by atoms with Crippen molar-refractivity contribution in [1.82, 2.24) is 15.3 Å². The van der Waals surface area contributed by atoms with Gasteiger partial charge >= 0.3 is 0 Å². The van der Waals surface area contributed by atoms with Gasteiger partial charge in [-0.15, -0.1) is 11.8 Å². The fourth-order valence-corrected chi connectivity index (χ4v) is 2.41. The summed E-state index contributed by atoms with van der Waals surface area (Å²) in [4.78, 5) is 20.6. The number of aryl methyl sites for hydroxylation is 1. The van der Waals surface area contributed by atoms with Gasteiger partial charge in [-0.05, 0) is 25.1 Å². The van der Waals surface area contributed by atoms with Crippen molar-refractivity contribution in [3.05, 3.63) is 53.9 Å². The fraction of sp³-hybridized carbons (Fsp3) is 0.188. The van der Waals surface area contributed by atoms with Crippen LogP contribution < -0.4 is 11.1 Å². The van der Waals surface area contributed by atoms with E-state index in [4.69, 9.17) is 5.73 Å². The topological polar surface area (TPSA) is 80.9 Å². The van der Waals surface area contributed by atoms with Crippen LogP contribution in [-0.4, -0.2) is 28.2 Å². The molecule has 0 saturated heterocycles. The minimum atomic E-state index is -0.138. The number of hydrogen-bond donors (Lipinski definition) is 2. The van der Waals surface area contributed by atoms with Crippen LogP contribution in [0.3, 0.4) is 0 Å². The molecule has 0 fully saturated rings. The lowest BCUT2D eigenvalue weighted by Crippen LogP contribution is -2.23. The largest absolute Gasteiger partial charge is 0.368 e. The molecule has 0 atom stereocenters. The Bertz CT molecular complexity index is 638. The van der Waals surface area contributed by atoms with Gasteiger partial charge in [0.05, 0.1) is 0 Å². The molecule has 0 aliphatic rings. The Morgan fingerprint density at radius 3 is 2.64 bits per heavy atom. The van der Waals surface area contributed by atoms with E-state index < -0.39 is 0 Å². The number of carbonyl (C=O) groups excluding carboxylic acids is 1. The van der Waals surface area contributed by atoms with Crippen molar-refractivity contribution in [2.24, 2.45) is 0 Å². The third-order valence-corrected chi connectivity index (χ3v) is 3.82. The van der Waals surface area contributed by atoms with Crippen LogP contribution in [0.15, 0.2) is 47.6 Å². The Morgan fingerprint density at radius 2 is 1.95 bits per heavy atom. The highest BCUT2D eigenvalue weighted by Gasteiger charge is 1.97. The minimum Gasteiger partial charge on any atom is -0.368 e. The van der Waals surface area contributed by atoms with Gasteiger partial charge in [0.15, 0.2) is 0 Å². The second-order valence-corrected chi connectivity index (χ2v) is 5.83. The van der Waals surface area contributed by atoms with Crippen LogP contribution in [0.2, 0.25) is 0 Å². The van der Waals surface area contributed by atoms with Gasteiger partial charge in [0, 0.05) is 41.2 Å². The molecule has 6 heteroatoms. The van der Waals surface area contributed by atoms with Crippen LogP contribution in [0, 0.1) is 6.92 Å². The Kier molecular flexibility index (Phi) is 5.97. The van der Waals surface area contributed by atoms with E-state index in [-0.39, 0.29) is 11.9 Å². The van der Waals surface area contributed by atoms with Gasteiger partial charge in [-0.1, -0.05) is 17.7 Å². The van der Waals surface area contributed by atoms with E-state index in [1.165, 1.54) is 16.5 Å². The molecule has 0 saturated carbocycles. The number of thioether (sulfide) groups is 1. The first kappa shape index (κ1) is 16.0. The number of aromatic nitrogens is 2. The molecule has 0 unspecified atom stereocenters. The molecule has 3 N–H and O–H groups in total. The molecular weight excluding hydrogens is 296 g/mol. The zero-order valence-corrected chi connectivity index (χ0v) is 13.1. The highest BCUT2D eigenvalue weighted by molar-refractivity contribution is 7.99. The Morgan fingerprint density at radius 1 is 1.27 bits per heavy atom. The minimum absolute atomic E-state index is 0.138. The first-order valence-electron chi connectivity index (χ1n) is 6.86. The quantitative estimate of drug-likeness (QED) is 0.486. The van der Waals surface area contributed by atoms with Gasteiger partial charge in [0.1, 0.15) is 0 Å². The Balaban J connectivity index is 1.69. The van der Waals surface area contributed by atoms with Crippen molar-refractivity contribution in [2.75, 3.05) is 18.0 Å². The summed E-state index contributed by atoms with van der Waals surface area (Å²) in [6, 6.07) is 8.34. The lowest BCUT2D eigenvalue weighted by molar-refractivity contribution is -0.116. The fourth-order valence-electron chi connectivity index (χ4n) is 1.64. The number of anilines is 1. The molecule has 1 heterocycles. The van der Waals surface area contributed by atoms with Crippen molar-refractivity contribution in [1.29, 1.82) is 0 Å². The average Bonchev–Trinajstić information content (AvgIpc) is 2.53. The molecule has 2 rings (SSSR count). The number of nitrogens with zero attached hydrogens (tertiary/aromatic N) is 2. The van der Waals surface area contributed by atoms with Crippen LogP contribution >= 0.6 is 11.8 Å². The maximum atomic E-state index is 11.7. The van der Waals surface area contributed by atoms with E-state index in [9.17, 15) is 4.79 Å². The standard InChI is InChI=1S/C16H18N4OS/c1-12-2-5-14(6-3-12)22-9-8-18-15(21)7-4-13-10-19-16(17)20-11-13/h2-7,10-11H,8-9H2,1H3,(H,18,21)(H2,17,19,20)/b7-4+. The third-order valence-electron chi connectivity index (χ3n) is 2.81. The number of nitrogens with two attached hydrogens (primary N) is 1. The number of nitrogen functional groups attached to an aromatic ring is 1. The van der Waals surface area contributed by atoms with E-state index in [1.807, 2.05) is 0 Å². The zero-order valence-electron chi connectivity index (χ0n) is 12.3. The van der Waals surface area contributed by atoms with Crippen LogP contribution in [0.4, 0.5) is 5.95 Å². The summed E-state index contributed by atoms with van der Waals surface area (Å²) >= 11 is 1.71. The molecule has 0 radical (unpaired) electrons. The molecule has 0 spiro atoms. The highest BCUT2D eigenvalue weighted by Crippen LogP contribution is 2.17. The van der Waals surface area contributed by atoms with E-state index in [1.54, 1.807) is 30.2 Å². The Labute approximate surface area is 134 Å². The summed E-state index contributed by atoms with van der Waals surface area (Å²) in [5.41, 5.74) is 7.37. The van der Waals surface area contributed by atoms with E-state index in [2.05, 4.69) is 46.5 Å². The van der Waals surface area contributed by atoms with Gasteiger partial charge in [-0.3, -0.25) is 4.79 Å². The van der Waals surface area contributed by atoms with Crippen molar-refractivity contribution < 1.29 is 4.79 Å². The first-order valence-corrected chi connectivity index (χ1v) is 7.85. The number of carbonyl (C=O) groups is 1. The maximum Gasteiger partial charge on any atom is 0.244 e. The second kappa shape index (κ2) is 8.19. The molecule has 1 aromatic heterocycles. The molecule has 0 aliphatic carbocycles. The lowest BCUT2D eigenvalue weighted by Gasteiger charge is -2.03. The molecular formula is C16H18N4OS. The van der Waals surface area contributed by atoms with Gasteiger partial charge in [0.25, 0.3) is 0 Å². The SMILES string of the molecule is Cc1ccc(SCCNC(=O)/C=C/c2cnc(N)nc2)cc1. The van der Waals surface area contributed by atoms with E-state index in [0.29, 0.717) is 6.54 Å². The molecule has 2 aromatic rings. The number of amides is 1. The van der Waals surface area contributed by atoms with Crippen LogP contribution in [0.1, 0.15) is 11.1 Å². The van der Waals surface area contributed by atoms with Gasteiger partial charge < -0.3 is 11.1 Å². The molecule has 0 aliphatic heterocycles. The van der Waals surface area contributed by atoms with Crippen molar-refractivity contribution in [3.63, 3.8) is 0 Å². The van der Waals surface area contributed by atoms with Crippen LogP contribution in [0.25, 0.3) is 6.08 Å². The number of benzene rings is 1. The van der Waals surface area contributed by atoms with Crippen molar-refractivity contribution in [3.8, 4) is 0 Å². The van der Waals surface area contributed by atoms with E-state index in [0.717, 1.165) is 11.3 Å². The van der Waals surface area contributed by atoms with Gasteiger partial charge in [-0.2, -0.15) is 0 Å². The molecule has 1 aromatic carbocycles.